The highest BCUT2D eigenvalue weighted by Crippen LogP contribution is 2.35. The van der Waals surface area contributed by atoms with E-state index in [4.69, 9.17) is 0 Å². The van der Waals surface area contributed by atoms with Gasteiger partial charge in [-0.25, -0.2) is 13.5 Å². The molecule has 2 aromatic carbocycles. The van der Waals surface area contributed by atoms with Crippen LogP contribution in [0.25, 0.3) is 0 Å². The summed E-state index contributed by atoms with van der Waals surface area (Å²) in [6.07, 6.45) is 0. The number of rotatable bonds is 6. The van der Waals surface area contributed by atoms with Crippen LogP contribution in [0.3, 0.4) is 0 Å². The van der Waals surface area contributed by atoms with E-state index in [9.17, 15) is 18.4 Å². The van der Waals surface area contributed by atoms with Crippen molar-refractivity contribution in [2.45, 2.75) is 24.6 Å². The Labute approximate surface area is 175 Å². The molecule has 4 rings (SSSR count). The normalized spacial score (nSPS) is 12.5. The third-order valence-corrected chi connectivity index (χ3v) is 5.64. The van der Waals surface area contributed by atoms with Crippen LogP contribution >= 0.6 is 11.8 Å². The number of nitrogens with zero attached hydrogens (tertiary/aromatic N) is 2. The summed E-state index contributed by atoms with van der Waals surface area (Å²) in [7, 11) is 0. The number of halogens is 2. The Hall–Kier alpha value is -3.20. The summed E-state index contributed by atoms with van der Waals surface area (Å²) >= 11 is 1.61. The maximum atomic E-state index is 14.0. The van der Waals surface area contributed by atoms with Crippen molar-refractivity contribution in [2.75, 3.05) is 5.32 Å². The Morgan fingerprint density at radius 1 is 1.03 bits per heavy atom. The Morgan fingerprint density at radius 2 is 1.77 bits per heavy atom. The Kier molecular flexibility index (Phi) is 5.80. The maximum absolute atomic E-state index is 14.0. The van der Waals surface area contributed by atoms with Crippen LogP contribution < -0.4 is 10.6 Å². The molecular weight excluding hydrogens is 410 g/mol. The van der Waals surface area contributed by atoms with E-state index in [1.807, 2.05) is 30.3 Å². The number of anilines is 1. The molecule has 1 aliphatic heterocycles. The van der Waals surface area contributed by atoms with Crippen molar-refractivity contribution in [2.24, 2.45) is 0 Å². The average Bonchev–Trinajstić information content (AvgIpc) is 3.30. The van der Waals surface area contributed by atoms with Gasteiger partial charge in [-0.05, 0) is 17.7 Å². The fourth-order valence-electron chi connectivity index (χ4n) is 3.19. The van der Waals surface area contributed by atoms with Crippen LogP contribution in [0.15, 0.2) is 48.5 Å². The minimum Gasteiger partial charge on any atom is -0.350 e. The molecule has 1 aliphatic rings. The van der Waals surface area contributed by atoms with Gasteiger partial charge in [-0.3, -0.25) is 9.59 Å². The van der Waals surface area contributed by atoms with E-state index in [0.717, 1.165) is 29.0 Å². The maximum Gasteiger partial charge on any atom is 0.262 e. The third-order valence-electron chi connectivity index (χ3n) is 4.67. The summed E-state index contributed by atoms with van der Waals surface area (Å²) in [5.74, 6) is -1.59. The monoisotopic (exact) mass is 428 g/mol. The molecule has 0 spiro atoms. The van der Waals surface area contributed by atoms with E-state index in [-0.39, 0.29) is 18.3 Å². The van der Waals surface area contributed by atoms with Gasteiger partial charge in [-0.2, -0.15) is 16.9 Å². The molecule has 9 heteroatoms. The topological polar surface area (TPSA) is 76.0 Å². The van der Waals surface area contributed by atoms with Crippen molar-refractivity contribution in [3.05, 3.63) is 82.5 Å². The van der Waals surface area contributed by atoms with Gasteiger partial charge in [0.1, 0.15) is 29.6 Å². The zero-order valence-electron chi connectivity index (χ0n) is 15.8. The highest BCUT2D eigenvalue weighted by Gasteiger charge is 2.26. The molecular formula is C21H18F2N4O2S. The summed E-state index contributed by atoms with van der Waals surface area (Å²) in [5, 5.41) is 9.77. The number of benzene rings is 2. The lowest BCUT2D eigenvalue weighted by molar-refractivity contribution is -0.122. The van der Waals surface area contributed by atoms with Gasteiger partial charge >= 0.3 is 0 Å². The average molecular weight is 428 g/mol. The van der Waals surface area contributed by atoms with Crippen LogP contribution in [0.2, 0.25) is 0 Å². The van der Waals surface area contributed by atoms with Crippen molar-refractivity contribution in [1.82, 2.24) is 15.1 Å². The Morgan fingerprint density at radius 3 is 2.50 bits per heavy atom. The van der Waals surface area contributed by atoms with Gasteiger partial charge < -0.3 is 10.6 Å². The minimum atomic E-state index is -0.954. The number of carbonyl (C=O) groups is 2. The van der Waals surface area contributed by atoms with Crippen molar-refractivity contribution in [3.8, 4) is 0 Å². The zero-order chi connectivity index (χ0) is 21.1. The number of carbonyl (C=O) groups excluding carboxylic acids is 2. The van der Waals surface area contributed by atoms with Crippen LogP contribution in [0.5, 0.6) is 0 Å². The lowest BCUT2D eigenvalue weighted by Crippen LogP contribution is -2.29. The first-order valence-electron chi connectivity index (χ1n) is 9.25. The smallest absolute Gasteiger partial charge is 0.262 e. The molecule has 0 unspecified atom stereocenters. The van der Waals surface area contributed by atoms with Gasteiger partial charge in [0.2, 0.25) is 5.91 Å². The summed E-state index contributed by atoms with van der Waals surface area (Å²) in [6, 6.07) is 12.7. The van der Waals surface area contributed by atoms with Crippen molar-refractivity contribution >= 4 is 29.4 Å². The van der Waals surface area contributed by atoms with Gasteiger partial charge in [-0.1, -0.05) is 36.4 Å². The van der Waals surface area contributed by atoms with Crippen LogP contribution in [0.1, 0.15) is 27.2 Å². The van der Waals surface area contributed by atoms with Crippen molar-refractivity contribution in [3.63, 3.8) is 0 Å². The van der Waals surface area contributed by atoms with Gasteiger partial charge in [0.05, 0.1) is 5.69 Å². The molecule has 0 radical (unpaired) electrons. The molecule has 2 heterocycles. The fourth-order valence-corrected chi connectivity index (χ4v) is 4.23. The molecule has 30 heavy (non-hydrogen) atoms. The van der Waals surface area contributed by atoms with Crippen molar-refractivity contribution in [1.29, 1.82) is 0 Å². The molecule has 0 aliphatic carbocycles. The molecule has 0 saturated carbocycles. The number of nitrogens with one attached hydrogen (secondary N) is 2. The number of aromatic nitrogens is 2. The molecule has 2 amide bonds. The standard InChI is InChI=1S/C21H18F2N4O2S/c22-15-7-4-8-16(23)19(15)21(29)25-20-14-11-30-12-17(14)26-27(20)10-18(28)24-9-13-5-2-1-3-6-13/h1-8H,9-12H2,(H,24,28)(H,25,29). The van der Waals surface area contributed by atoms with Gasteiger partial charge in [0.15, 0.2) is 0 Å². The van der Waals surface area contributed by atoms with Crippen molar-refractivity contribution < 1.29 is 18.4 Å². The number of amides is 2. The first-order chi connectivity index (χ1) is 14.5. The second kappa shape index (κ2) is 8.66. The molecule has 154 valence electrons. The van der Waals surface area contributed by atoms with E-state index in [0.29, 0.717) is 18.1 Å². The molecule has 0 saturated heterocycles. The molecule has 1 aromatic heterocycles. The van der Waals surface area contributed by atoms with Crippen LogP contribution in [0, 0.1) is 11.6 Å². The lowest BCUT2D eigenvalue weighted by atomic mass is 10.2. The van der Waals surface area contributed by atoms with Gasteiger partial charge in [0.25, 0.3) is 5.91 Å². The molecule has 6 nitrogen and oxygen atoms in total. The molecule has 0 atom stereocenters. The van der Waals surface area contributed by atoms with Crippen LogP contribution in [0.4, 0.5) is 14.6 Å². The predicted octanol–water partition coefficient (Wildman–Crippen LogP) is 3.48. The lowest BCUT2D eigenvalue weighted by Gasteiger charge is -2.12. The fraction of sp³-hybridized carbons (Fsp3) is 0.190. The predicted molar refractivity (Wildman–Crippen MR) is 110 cm³/mol. The Balaban J connectivity index is 1.52. The van der Waals surface area contributed by atoms with Gasteiger partial charge in [0, 0.05) is 23.6 Å². The molecule has 0 bridgehead atoms. The second-order valence-corrected chi connectivity index (χ2v) is 7.72. The zero-order valence-corrected chi connectivity index (χ0v) is 16.6. The molecule has 0 fully saturated rings. The second-order valence-electron chi connectivity index (χ2n) is 6.74. The number of hydrogen-bond acceptors (Lipinski definition) is 4. The SMILES string of the molecule is O=C(Cn1nc2c(c1NC(=O)c1c(F)cccc1F)CSC2)NCc1ccccc1. The summed E-state index contributed by atoms with van der Waals surface area (Å²) in [5.41, 5.74) is 1.80. The van der Waals surface area contributed by atoms with E-state index in [1.54, 1.807) is 11.8 Å². The highest BCUT2D eigenvalue weighted by molar-refractivity contribution is 7.98. The van der Waals surface area contributed by atoms with Crippen LogP contribution in [-0.2, 0) is 29.4 Å². The third kappa shape index (κ3) is 4.20. The largest absolute Gasteiger partial charge is 0.350 e. The van der Waals surface area contributed by atoms with Gasteiger partial charge in [-0.15, -0.1) is 0 Å². The van der Waals surface area contributed by atoms with Crippen LogP contribution in [-0.4, -0.2) is 21.6 Å². The summed E-state index contributed by atoms with van der Waals surface area (Å²) < 4.78 is 29.3. The minimum absolute atomic E-state index is 0.125. The quantitative estimate of drug-likeness (QED) is 0.630. The van der Waals surface area contributed by atoms with E-state index in [1.165, 1.54) is 10.7 Å². The first-order valence-corrected chi connectivity index (χ1v) is 10.4. The van der Waals surface area contributed by atoms with E-state index in [2.05, 4.69) is 15.7 Å². The Bertz CT molecular complexity index is 1080. The highest BCUT2D eigenvalue weighted by atomic mass is 32.2. The van der Waals surface area contributed by atoms with E-state index >= 15 is 0 Å². The number of fused-ring (bicyclic) bond motifs is 1. The molecule has 2 N–H and O–H groups in total. The summed E-state index contributed by atoms with van der Waals surface area (Å²) in [6.45, 7) is 0.235. The first kappa shape index (κ1) is 20.1. The molecule has 3 aromatic rings. The number of hydrogen-bond donors (Lipinski definition) is 2. The summed E-state index contributed by atoms with van der Waals surface area (Å²) in [4.78, 5) is 25.0. The number of thioether (sulfide) groups is 1. The van der Waals surface area contributed by atoms with E-state index < -0.39 is 23.1 Å².